The van der Waals surface area contributed by atoms with Crippen LogP contribution in [0.15, 0.2) is 218 Å². The Labute approximate surface area is 358 Å². The van der Waals surface area contributed by atoms with Crippen LogP contribution in [-0.2, 0) is 0 Å². The average molecular weight is 789 g/mol. The van der Waals surface area contributed by atoms with E-state index >= 15 is 0 Å². The molecule has 0 unspecified atom stereocenters. The summed E-state index contributed by atoms with van der Waals surface area (Å²) in [6, 6.07) is 77.1. The molecule has 0 amide bonds. The Kier molecular flexibility index (Phi) is 8.46. The second-order valence-electron chi connectivity index (χ2n) is 15.7. The number of nitrogens with zero attached hydrogens (tertiary/aromatic N) is 4. The lowest BCUT2D eigenvalue weighted by Crippen LogP contribution is -2.01. The summed E-state index contributed by atoms with van der Waals surface area (Å²) in [7, 11) is 0. The van der Waals surface area contributed by atoms with E-state index in [9.17, 15) is 0 Å². The van der Waals surface area contributed by atoms with Crippen LogP contribution in [0.5, 0.6) is 0 Å². The third kappa shape index (κ3) is 6.08. The average Bonchev–Trinajstić information content (AvgIpc) is 3.35. The van der Waals surface area contributed by atoms with Crippen LogP contribution < -0.4 is 0 Å². The van der Waals surface area contributed by atoms with Crippen LogP contribution in [0, 0.1) is 0 Å². The first-order valence-electron chi connectivity index (χ1n) is 21.0. The zero-order valence-electron chi connectivity index (χ0n) is 33.6. The molecule has 62 heavy (non-hydrogen) atoms. The van der Waals surface area contributed by atoms with Crippen LogP contribution >= 0.6 is 0 Å². The van der Waals surface area contributed by atoms with Crippen LogP contribution in [0.4, 0.5) is 0 Å². The van der Waals surface area contributed by atoms with Gasteiger partial charge in [0, 0.05) is 27.6 Å². The van der Waals surface area contributed by atoms with E-state index < -0.39 is 0 Å². The topological polar surface area (TPSA) is 51.6 Å². The van der Waals surface area contributed by atoms with Crippen molar-refractivity contribution in [2.75, 3.05) is 0 Å². The van der Waals surface area contributed by atoms with E-state index in [1.165, 1.54) is 10.8 Å². The molecule has 0 fully saturated rings. The van der Waals surface area contributed by atoms with E-state index in [1.807, 2.05) is 6.07 Å². The predicted molar refractivity (Wildman–Crippen MR) is 258 cm³/mol. The number of pyridine rings is 1. The Hall–Kier alpha value is -8.34. The molecule has 0 radical (unpaired) electrons. The molecular weight excluding hydrogens is 753 g/mol. The Balaban J connectivity index is 1.01. The predicted octanol–water partition coefficient (Wildman–Crippen LogP) is 15.0. The van der Waals surface area contributed by atoms with Gasteiger partial charge >= 0.3 is 0 Å². The molecule has 0 aliphatic rings. The highest BCUT2D eigenvalue weighted by atomic mass is 15.0. The normalized spacial score (nSPS) is 11.5. The molecule has 0 aliphatic heterocycles. The van der Waals surface area contributed by atoms with Gasteiger partial charge in [-0.2, -0.15) is 0 Å². The summed E-state index contributed by atoms with van der Waals surface area (Å²) >= 11 is 0. The van der Waals surface area contributed by atoms with Gasteiger partial charge < -0.3 is 0 Å². The van der Waals surface area contributed by atoms with Crippen molar-refractivity contribution in [2.24, 2.45) is 0 Å². The third-order valence-electron chi connectivity index (χ3n) is 12.1. The van der Waals surface area contributed by atoms with Crippen molar-refractivity contribution in [1.29, 1.82) is 0 Å². The number of rotatable bonds is 6. The lowest BCUT2D eigenvalue weighted by molar-refractivity contribution is 1.08. The van der Waals surface area contributed by atoms with Crippen molar-refractivity contribution in [3.63, 3.8) is 0 Å². The zero-order valence-corrected chi connectivity index (χ0v) is 33.6. The first kappa shape index (κ1) is 35.6. The lowest BCUT2D eigenvalue weighted by atomic mass is 9.91. The van der Waals surface area contributed by atoms with Crippen molar-refractivity contribution in [1.82, 2.24) is 19.9 Å². The molecule has 12 rings (SSSR count). The van der Waals surface area contributed by atoms with Crippen molar-refractivity contribution < 1.29 is 0 Å². The molecule has 4 heteroatoms. The summed E-state index contributed by atoms with van der Waals surface area (Å²) in [5.74, 6) is 1.92. The minimum absolute atomic E-state index is 0.634. The van der Waals surface area contributed by atoms with Gasteiger partial charge in [0.15, 0.2) is 17.5 Å². The van der Waals surface area contributed by atoms with E-state index in [4.69, 9.17) is 19.9 Å². The van der Waals surface area contributed by atoms with Crippen LogP contribution in [-0.4, -0.2) is 19.9 Å². The quantitative estimate of drug-likeness (QED) is 0.158. The molecule has 4 nitrogen and oxygen atoms in total. The minimum Gasteiger partial charge on any atom is -0.248 e. The minimum atomic E-state index is 0.634. The molecule has 0 bridgehead atoms. The Morgan fingerprint density at radius 2 is 0.677 bits per heavy atom. The second-order valence-corrected chi connectivity index (χ2v) is 15.7. The second kappa shape index (κ2) is 14.7. The van der Waals surface area contributed by atoms with Gasteiger partial charge in [0.25, 0.3) is 0 Å². The van der Waals surface area contributed by atoms with Gasteiger partial charge in [-0.05, 0) is 83.5 Å². The van der Waals surface area contributed by atoms with Crippen LogP contribution in [0.1, 0.15) is 0 Å². The van der Waals surface area contributed by atoms with Crippen LogP contribution in [0.25, 0.3) is 122 Å². The highest BCUT2D eigenvalue weighted by Crippen LogP contribution is 2.40. The highest BCUT2D eigenvalue weighted by molar-refractivity contribution is 6.14. The fraction of sp³-hybridized carbons (Fsp3) is 0. The number of fused-ring (bicyclic) bond motifs is 6. The molecule has 288 valence electrons. The molecule has 0 atom stereocenters. The highest BCUT2D eigenvalue weighted by Gasteiger charge is 2.19. The summed E-state index contributed by atoms with van der Waals surface area (Å²) in [4.78, 5) is 20.9. The summed E-state index contributed by atoms with van der Waals surface area (Å²) in [5.41, 5.74) is 10.5. The molecule has 2 aromatic heterocycles. The van der Waals surface area contributed by atoms with Crippen molar-refractivity contribution in [3.05, 3.63) is 218 Å². The van der Waals surface area contributed by atoms with Gasteiger partial charge in [0.05, 0.1) is 11.2 Å². The fourth-order valence-electron chi connectivity index (χ4n) is 9.14. The number of hydrogen-bond donors (Lipinski definition) is 0. The fourth-order valence-corrected chi connectivity index (χ4v) is 9.14. The first-order valence-corrected chi connectivity index (χ1v) is 21.0. The van der Waals surface area contributed by atoms with Gasteiger partial charge in [0.2, 0.25) is 0 Å². The van der Waals surface area contributed by atoms with Crippen molar-refractivity contribution in [3.8, 4) is 67.7 Å². The molecule has 2 heterocycles. The molecule has 0 saturated carbocycles. The van der Waals surface area contributed by atoms with Crippen molar-refractivity contribution in [2.45, 2.75) is 0 Å². The largest absolute Gasteiger partial charge is 0.248 e. The number of benzene rings is 10. The third-order valence-corrected chi connectivity index (χ3v) is 12.1. The standard InChI is InChI=1S/C58H36N4/c1-2-17-42(18-3-1)54-36-52(55-46-23-9-6-16-39(46)32-35-53(55)59-54)41-30-28-40(29-31-41)45-33-34-51(48-25-11-10-24-47(45)48)58-61-56(49-26-12-19-37-14-4-7-21-43(37)49)60-57(62-58)50-27-13-20-38-15-5-8-22-44(38)50/h1-36H. The molecule has 0 saturated heterocycles. The lowest BCUT2D eigenvalue weighted by Gasteiger charge is -2.15. The van der Waals surface area contributed by atoms with Crippen LogP contribution in [0.2, 0.25) is 0 Å². The first-order chi connectivity index (χ1) is 30.7. The number of hydrogen-bond acceptors (Lipinski definition) is 4. The summed E-state index contributed by atoms with van der Waals surface area (Å²) in [6.07, 6.45) is 0. The summed E-state index contributed by atoms with van der Waals surface area (Å²) in [6.45, 7) is 0. The van der Waals surface area contributed by atoms with Crippen LogP contribution in [0.3, 0.4) is 0 Å². The maximum Gasteiger partial charge on any atom is 0.164 e. The molecule has 0 spiro atoms. The van der Waals surface area contributed by atoms with Crippen molar-refractivity contribution >= 4 is 54.0 Å². The monoisotopic (exact) mass is 788 g/mol. The van der Waals surface area contributed by atoms with Gasteiger partial charge in [-0.15, -0.1) is 0 Å². The number of aromatic nitrogens is 4. The van der Waals surface area contributed by atoms with Gasteiger partial charge in [0.1, 0.15) is 0 Å². The molecule has 12 aromatic rings. The Morgan fingerprint density at radius 3 is 1.27 bits per heavy atom. The SMILES string of the molecule is c1ccc(-c2cc(-c3ccc(-c4ccc(-c5nc(-c6cccc7ccccc67)nc(-c6cccc7ccccc67)n5)c5ccccc45)cc3)c3c(ccc4ccccc43)n2)cc1. The molecule has 0 N–H and O–H groups in total. The summed E-state index contributed by atoms with van der Waals surface area (Å²) in [5, 5.41) is 10.2. The molecular formula is C58H36N4. The zero-order chi connectivity index (χ0) is 41.0. The van der Waals surface area contributed by atoms with E-state index in [1.54, 1.807) is 0 Å². The van der Waals surface area contributed by atoms with Gasteiger partial charge in [-0.1, -0.05) is 200 Å². The smallest absolute Gasteiger partial charge is 0.164 e. The Bertz CT molecular complexity index is 3580. The Morgan fingerprint density at radius 1 is 0.242 bits per heavy atom. The molecule has 10 aromatic carbocycles. The van der Waals surface area contributed by atoms with E-state index in [0.717, 1.165) is 93.4 Å². The van der Waals surface area contributed by atoms with E-state index in [-0.39, 0.29) is 0 Å². The van der Waals surface area contributed by atoms with Gasteiger partial charge in [-0.3, -0.25) is 0 Å². The molecule has 0 aliphatic carbocycles. The van der Waals surface area contributed by atoms with E-state index in [0.29, 0.717) is 17.5 Å². The summed E-state index contributed by atoms with van der Waals surface area (Å²) < 4.78 is 0. The van der Waals surface area contributed by atoms with E-state index in [2.05, 4.69) is 212 Å². The van der Waals surface area contributed by atoms with Gasteiger partial charge in [-0.25, -0.2) is 19.9 Å². The maximum atomic E-state index is 5.28. The maximum absolute atomic E-state index is 5.28.